The summed E-state index contributed by atoms with van der Waals surface area (Å²) in [6.45, 7) is 0. The Morgan fingerprint density at radius 1 is 1.60 bits per heavy atom. The van der Waals surface area contributed by atoms with Crippen molar-refractivity contribution in [2.45, 2.75) is 11.8 Å². The molecule has 0 unspecified atom stereocenters. The Bertz CT molecular complexity index is 371. The number of methoxy groups -OCH3 is 1. The summed E-state index contributed by atoms with van der Waals surface area (Å²) >= 11 is 3.09. The number of hydrogen-bond donors (Lipinski definition) is 0. The molecule has 0 amide bonds. The molecule has 0 aromatic carbocycles. The summed E-state index contributed by atoms with van der Waals surface area (Å²) in [5, 5.41) is 0.303. The van der Waals surface area contributed by atoms with Gasteiger partial charge in [-0.3, -0.25) is 0 Å². The minimum atomic E-state index is -2.63. The van der Waals surface area contributed by atoms with E-state index in [-0.39, 0.29) is 11.3 Å². The predicted octanol–water partition coefficient (Wildman–Crippen LogP) is 2.70. The zero-order chi connectivity index (χ0) is 11.4. The third-order valence-corrected chi connectivity index (χ3v) is 2.26. The number of hydrogen-bond acceptors (Lipinski definition) is 3. The molecule has 0 saturated carbocycles. The Labute approximate surface area is 93.6 Å². The third kappa shape index (κ3) is 2.95. The van der Waals surface area contributed by atoms with Crippen molar-refractivity contribution < 1.29 is 18.3 Å². The molecule has 0 aliphatic rings. The van der Waals surface area contributed by atoms with Gasteiger partial charge in [0.25, 0.3) is 6.43 Å². The summed E-state index contributed by atoms with van der Waals surface area (Å²) in [5.41, 5.74) is 0.0257. The number of pyridine rings is 1. The third-order valence-electron chi connectivity index (χ3n) is 1.68. The first-order chi connectivity index (χ1) is 7.08. The van der Waals surface area contributed by atoms with Crippen molar-refractivity contribution >= 4 is 21.9 Å². The Morgan fingerprint density at radius 3 is 2.73 bits per heavy atom. The highest BCUT2D eigenvalue weighted by atomic mass is 79.9. The van der Waals surface area contributed by atoms with E-state index in [1.807, 2.05) is 0 Å². The van der Waals surface area contributed by atoms with Crippen molar-refractivity contribution in [3.8, 4) is 0 Å². The molecule has 0 saturated heterocycles. The number of carbonyl (C=O) groups is 1. The Balaban J connectivity index is 3.17. The van der Waals surface area contributed by atoms with Crippen LogP contribution in [0.15, 0.2) is 12.1 Å². The average Bonchev–Trinajstić information content (AvgIpc) is 2.27. The molecule has 1 aromatic rings. The fraction of sp³-hybridized carbons (Fsp3) is 0.333. The molecule has 0 N–H and O–H groups in total. The smallest absolute Gasteiger partial charge is 0.356 e. The van der Waals surface area contributed by atoms with Gasteiger partial charge >= 0.3 is 5.97 Å². The molecule has 6 heteroatoms. The van der Waals surface area contributed by atoms with Crippen molar-refractivity contribution in [3.05, 3.63) is 29.1 Å². The van der Waals surface area contributed by atoms with E-state index in [0.29, 0.717) is 11.0 Å². The molecule has 0 radical (unpaired) electrons. The minimum absolute atomic E-state index is 0.107. The monoisotopic (exact) mass is 279 g/mol. The lowest BCUT2D eigenvalue weighted by Gasteiger charge is -2.05. The topological polar surface area (TPSA) is 39.2 Å². The first kappa shape index (κ1) is 12.0. The van der Waals surface area contributed by atoms with Crippen LogP contribution in [0.2, 0.25) is 0 Å². The summed E-state index contributed by atoms with van der Waals surface area (Å²) in [6.07, 6.45) is -2.63. The Hall–Kier alpha value is -1.04. The van der Waals surface area contributed by atoms with Crippen molar-refractivity contribution in [3.63, 3.8) is 0 Å². The van der Waals surface area contributed by atoms with Gasteiger partial charge in [-0.05, 0) is 12.1 Å². The number of esters is 1. The van der Waals surface area contributed by atoms with Gasteiger partial charge in [-0.1, -0.05) is 15.9 Å². The van der Waals surface area contributed by atoms with Gasteiger partial charge in [0.1, 0.15) is 5.69 Å². The van der Waals surface area contributed by atoms with Crippen LogP contribution in [0, 0.1) is 0 Å². The standard InChI is InChI=1S/C9H8BrF2NO2/c1-15-9(14)7-3-5(8(11)12)2-6(4-10)13-7/h2-3,8H,4H2,1H3. The first-order valence-electron chi connectivity index (χ1n) is 4.01. The summed E-state index contributed by atoms with van der Waals surface area (Å²) in [6, 6.07) is 2.27. The van der Waals surface area contributed by atoms with E-state index in [1.165, 1.54) is 13.2 Å². The van der Waals surface area contributed by atoms with Crippen molar-refractivity contribution in [2.24, 2.45) is 0 Å². The predicted molar refractivity (Wildman–Crippen MR) is 53.2 cm³/mol. The van der Waals surface area contributed by atoms with Crippen LogP contribution in [0.25, 0.3) is 0 Å². The van der Waals surface area contributed by atoms with Gasteiger partial charge in [-0.2, -0.15) is 0 Å². The molecule has 0 fully saturated rings. The van der Waals surface area contributed by atoms with Crippen LogP contribution >= 0.6 is 15.9 Å². The summed E-state index contributed by atoms with van der Waals surface area (Å²) in [4.78, 5) is 15.0. The van der Waals surface area contributed by atoms with Crippen molar-refractivity contribution in [2.75, 3.05) is 7.11 Å². The zero-order valence-electron chi connectivity index (χ0n) is 7.84. The second-order valence-corrected chi connectivity index (χ2v) is 3.26. The number of ether oxygens (including phenoxy) is 1. The molecule has 82 valence electrons. The highest BCUT2D eigenvalue weighted by Gasteiger charge is 2.15. The minimum Gasteiger partial charge on any atom is -0.464 e. The molecule has 15 heavy (non-hydrogen) atoms. The maximum absolute atomic E-state index is 12.4. The van der Waals surface area contributed by atoms with Gasteiger partial charge < -0.3 is 4.74 Å². The number of carbonyl (C=O) groups excluding carboxylic acids is 1. The largest absolute Gasteiger partial charge is 0.464 e. The second kappa shape index (κ2) is 5.16. The molecule has 1 rings (SSSR count). The van der Waals surface area contributed by atoms with E-state index < -0.39 is 12.4 Å². The van der Waals surface area contributed by atoms with Crippen LogP contribution in [0.5, 0.6) is 0 Å². The lowest BCUT2D eigenvalue weighted by atomic mass is 10.2. The summed E-state index contributed by atoms with van der Waals surface area (Å²) in [5.74, 6) is -0.722. The molecule has 0 aliphatic carbocycles. The number of halogens is 3. The van der Waals surface area contributed by atoms with E-state index in [0.717, 1.165) is 6.07 Å². The van der Waals surface area contributed by atoms with Gasteiger partial charge in [0, 0.05) is 10.9 Å². The number of alkyl halides is 3. The highest BCUT2D eigenvalue weighted by Crippen LogP contribution is 2.21. The lowest BCUT2D eigenvalue weighted by Crippen LogP contribution is -2.07. The SMILES string of the molecule is COC(=O)c1cc(C(F)F)cc(CBr)n1. The number of aromatic nitrogens is 1. The van der Waals surface area contributed by atoms with E-state index in [2.05, 4.69) is 25.7 Å². The fourth-order valence-corrected chi connectivity index (χ4v) is 1.30. The van der Waals surface area contributed by atoms with Gasteiger partial charge in [0.05, 0.1) is 12.8 Å². The molecular formula is C9H8BrF2NO2. The van der Waals surface area contributed by atoms with Crippen molar-refractivity contribution in [1.29, 1.82) is 0 Å². The fourth-order valence-electron chi connectivity index (χ4n) is 1.01. The van der Waals surface area contributed by atoms with Gasteiger partial charge in [0.15, 0.2) is 0 Å². The summed E-state index contributed by atoms with van der Waals surface area (Å²) in [7, 11) is 1.17. The molecule has 1 heterocycles. The van der Waals surface area contributed by atoms with E-state index in [1.54, 1.807) is 0 Å². The lowest BCUT2D eigenvalue weighted by molar-refractivity contribution is 0.0593. The van der Waals surface area contributed by atoms with E-state index in [4.69, 9.17) is 0 Å². The molecule has 3 nitrogen and oxygen atoms in total. The first-order valence-corrected chi connectivity index (χ1v) is 5.14. The number of rotatable bonds is 3. The molecule has 0 spiro atoms. The second-order valence-electron chi connectivity index (χ2n) is 2.70. The highest BCUT2D eigenvalue weighted by molar-refractivity contribution is 9.08. The Morgan fingerprint density at radius 2 is 2.27 bits per heavy atom. The molecule has 0 aliphatic heterocycles. The van der Waals surface area contributed by atoms with E-state index in [9.17, 15) is 13.6 Å². The molecule has 1 aromatic heterocycles. The van der Waals surface area contributed by atoms with Gasteiger partial charge in [-0.15, -0.1) is 0 Å². The Kier molecular flexibility index (Phi) is 4.14. The average molecular weight is 280 g/mol. The van der Waals surface area contributed by atoms with Crippen LogP contribution in [-0.4, -0.2) is 18.1 Å². The normalized spacial score (nSPS) is 10.5. The van der Waals surface area contributed by atoms with Crippen molar-refractivity contribution in [1.82, 2.24) is 4.98 Å². The van der Waals surface area contributed by atoms with Crippen LogP contribution in [0.1, 0.15) is 28.2 Å². The van der Waals surface area contributed by atoms with Crippen LogP contribution in [-0.2, 0) is 10.1 Å². The van der Waals surface area contributed by atoms with Crippen LogP contribution < -0.4 is 0 Å². The van der Waals surface area contributed by atoms with Crippen LogP contribution in [0.3, 0.4) is 0 Å². The van der Waals surface area contributed by atoms with E-state index >= 15 is 0 Å². The quantitative estimate of drug-likeness (QED) is 0.631. The maximum Gasteiger partial charge on any atom is 0.356 e. The maximum atomic E-state index is 12.4. The van der Waals surface area contributed by atoms with Crippen LogP contribution in [0.4, 0.5) is 8.78 Å². The summed E-state index contributed by atoms with van der Waals surface area (Å²) < 4.78 is 29.3. The van der Waals surface area contributed by atoms with Gasteiger partial charge in [-0.25, -0.2) is 18.6 Å². The molecule has 0 atom stereocenters. The number of nitrogens with zero attached hydrogens (tertiary/aromatic N) is 1. The zero-order valence-corrected chi connectivity index (χ0v) is 9.42. The molecule has 0 bridgehead atoms. The van der Waals surface area contributed by atoms with Gasteiger partial charge in [0.2, 0.25) is 0 Å². The molecular weight excluding hydrogens is 272 g/mol.